The van der Waals surface area contributed by atoms with Crippen molar-refractivity contribution in [1.82, 2.24) is 9.55 Å². The highest BCUT2D eigenvalue weighted by Gasteiger charge is 2.32. The van der Waals surface area contributed by atoms with E-state index < -0.39 is 17.4 Å². The molecule has 3 rings (SSSR count). The smallest absolute Gasteiger partial charge is 0.291 e. The van der Waals surface area contributed by atoms with Gasteiger partial charge in [-0.25, -0.2) is 9.78 Å². The normalized spacial score (nSPS) is 15.5. The van der Waals surface area contributed by atoms with E-state index in [1.54, 1.807) is 0 Å². The molecule has 0 unspecified atom stereocenters. The fourth-order valence-electron chi connectivity index (χ4n) is 2.19. The molecule has 1 aliphatic heterocycles. The maximum Gasteiger partial charge on any atom is 0.416 e. The summed E-state index contributed by atoms with van der Waals surface area (Å²) in [6.45, 7) is 0.495. The molecular weight excluding hydrogens is 277 g/mol. The van der Waals surface area contributed by atoms with E-state index in [0.29, 0.717) is 28.1 Å². The number of thioether (sulfide) groups is 1. The van der Waals surface area contributed by atoms with E-state index in [9.17, 15) is 18.0 Å². The molecule has 0 amide bonds. The molecule has 19 heavy (non-hydrogen) atoms. The molecule has 0 spiro atoms. The summed E-state index contributed by atoms with van der Waals surface area (Å²) in [5, 5.41) is 0.360. The third-order valence-corrected chi connectivity index (χ3v) is 4.15. The Bertz CT molecular complexity index is 708. The van der Waals surface area contributed by atoms with Crippen LogP contribution in [0, 0.1) is 0 Å². The first-order valence-corrected chi connectivity index (χ1v) is 6.69. The summed E-state index contributed by atoms with van der Waals surface area (Å²) in [5.74, 6) is 0.692. The largest absolute Gasteiger partial charge is 0.416 e. The molecule has 3 nitrogen and oxygen atoms in total. The first kappa shape index (κ1) is 12.5. The van der Waals surface area contributed by atoms with Crippen LogP contribution in [0.4, 0.5) is 13.2 Å². The molecule has 0 atom stereocenters. The Hall–Kier alpha value is -1.50. The van der Waals surface area contributed by atoms with Crippen molar-refractivity contribution in [2.24, 2.45) is 0 Å². The van der Waals surface area contributed by atoms with Crippen molar-refractivity contribution in [3.63, 3.8) is 0 Å². The molecule has 0 radical (unpaired) electrons. The molecule has 7 heteroatoms. The zero-order valence-corrected chi connectivity index (χ0v) is 10.5. The van der Waals surface area contributed by atoms with E-state index in [2.05, 4.69) is 4.98 Å². The van der Waals surface area contributed by atoms with Crippen LogP contribution in [0.3, 0.4) is 0 Å². The predicted molar refractivity (Wildman–Crippen MR) is 66.3 cm³/mol. The van der Waals surface area contributed by atoms with E-state index in [1.165, 1.54) is 22.5 Å². The second-order valence-corrected chi connectivity index (χ2v) is 5.44. The van der Waals surface area contributed by atoms with E-state index in [4.69, 9.17) is 0 Å². The topological polar surface area (TPSA) is 34.9 Å². The summed E-state index contributed by atoms with van der Waals surface area (Å²) in [5.41, 5.74) is -0.539. The van der Waals surface area contributed by atoms with Gasteiger partial charge in [-0.15, -0.1) is 11.8 Å². The highest BCUT2D eigenvalue weighted by molar-refractivity contribution is 7.99. The average molecular weight is 286 g/mol. The summed E-state index contributed by atoms with van der Waals surface area (Å²) < 4.78 is 40.0. The number of hydrogen-bond donors (Lipinski definition) is 0. The van der Waals surface area contributed by atoms with Gasteiger partial charge in [-0.3, -0.25) is 4.57 Å². The molecule has 2 aromatic rings. The van der Waals surface area contributed by atoms with E-state index in [-0.39, 0.29) is 0 Å². The standard InChI is InChI=1S/C12H9F3N2OS/c13-12(14,15)8-4-7-6-16-11(18)17-2-1-3-19-9(5-8)10(7)17/h4-6H,1-3H2. The van der Waals surface area contributed by atoms with Gasteiger partial charge < -0.3 is 0 Å². The van der Waals surface area contributed by atoms with Crippen molar-refractivity contribution in [2.75, 3.05) is 5.75 Å². The Morgan fingerprint density at radius 2 is 2.11 bits per heavy atom. The molecule has 100 valence electrons. The van der Waals surface area contributed by atoms with E-state index in [0.717, 1.165) is 18.6 Å². The minimum absolute atomic E-state index is 0.360. The third-order valence-electron chi connectivity index (χ3n) is 3.03. The Balaban J connectivity index is 2.39. The van der Waals surface area contributed by atoms with Gasteiger partial charge in [0, 0.05) is 23.0 Å². The second kappa shape index (κ2) is 4.26. The Morgan fingerprint density at radius 3 is 2.84 bits per heavy atom. The van der Waals surface area contributed by atoms with Crippen LogP contribution in [0.2, 0.25) is 0 Å². The van der Waals surface area contributed by atoms with Gasteiger partial charge in [-0.05, 0) is 24.3 Å². The summed E-state index contributed by atoms with van der Waals surface area (Å²) in [6, 6.07) is 2.17. The lowest BCUT2D eigenvalue weighted by molar-refractivity contribution is -0.137. The number of aryl methyl sites for hydroxylation is 1. The molecule has 1 aromatic carbocycles. The van der Waals surface area contributed by atoms with Gasteiger partial charge >= 0.3 is 11.9 Å². The second-order valence-electron chi connectivity index (χ2n) is 4.30. The Morgan fingerprint density at radius 1 is 1.32 bits per heavy atom. The minimum atomic E-state index is -4.39. The van der Waals surface area contributed by atoms with Gasteiger partial charge in [0.2, 0.25) is 0 Å². The fourth-order valence-corrected chi connectivity index (χ4v) is 3.26. The van der Waals surface area contributed by atoms with Gasteiger partial charge in [0.15, 0.2) is 0 Å². The zero-order chi connectivity index (χ0) is 13.6. The summed E-state index contributed by atoms with van der Waals surface area (Å²) in [7, 11) is 0. The summed E-state index contributed by atoms with van der Waals surface area (Å²) >= 11 is 1.35. The van der Waals surface area contributed by atoms with Crippen LogP contribution >= 0.6 is 11.8 Å². The monoisotopic (exact) mass is 286 g/mol. The third kappa shape index (κ3) is 2.11. The van der Waals surface area contributed by atoms with Crippen molar-refractivity contribution in [3.8, 4) is 0 Å². The minimum Gasteiger partial charge on any atom is -0.291 e. The van der Waals surface area contributed by atoms with Gasteiger partial charge in [0.05, 0.1) is 11.1 Å². The number of halogens is 3. The highest BCUT2D eigenvalue weighted by atomic mass is 32.2. The summed E-state index contributed by atoms with van der Waals surface area (Å²) in [4.78, 5) is 15.9. The molecule has 0 N–H and O–H groups in total. The average Bonchev–Trinajstić information content (AvgIpc) is 2.56. The van der Waals surface area contributed by atoms with Crippen LogP contribution in [0.1, 0.15) is 12.0 Å². The molecule has 0 saturated carbocycles. The van der Waals surface area contributed by atoms with Crippen molar-refractivity contribution >= 4 is 22.7 Å². The number of alkyl halides is 3. The number of aromatic nitrogens is 2. The molecule has 1 aromatic heterocycles. The van der Waals surface area contributed by atoms with Crippen molar-refractivity contribution < 1.29 is 13.2 Å². The molecule has 0 fully saturated rings. The molecular formula is C12H9F3N2OS. The van der Waals surface area contributed by atoms with Crippen LogP contribution in [-0.2, 0) is 12.7 Å². The fraction of sp³-hybridized carbons (Fsp3) is 0.333. The molecule has 0 bridgehead atoms. The van der Waals surface area contributed by atoms with Crippen LogP contribution in [0.25, 0.3) is 10.9 Å². The molecule has 1 aliphatic rings. The molecule has 0 saturated heterocycles. The Kier molecular flexibility index (Phi) is 2.81. The van der Waals surface area contributed by atoms with Crippen molar-refractivity contribution in [1.29, 1.82) is 0 Å². The quantitative estimate of drug-likeness (QED) is 0.747. The van der Waals surface area contributed by atoms with Crippen LogP contribution in [0.5, 0.6) is 0 Å². The van der Waals surface area contributed by atoms with Gasteiger partial charge in [0.25, 0.3) is 0 Å². The lowest BCUT2D eigenvalue weighted by Gasteiger charge is -2.13. The number of rotatable bonds is 0. The highest BCUT2D eigenvalue weighted by Crippen LogP contribution is 2.37. The SMILES string of the molecule is O=c1ncc2cc(C(F)(F)F)cc3c2n1CCCS3. The van der Waals surface area contributed by atoms with Crippen LogP contribution in [0.15, 0.2) is 28.0 Å². The van der Waals surface area contributed by atoms with Crippen molar-refractivity contribution in [3.05, 3.63) is 34.4 Å². The number of hydrogen-bond acceptors (Lipinski definition) is 3. The van der Waals surface area contributed by atoms with Gasteiger partial charge in [-0.2, -0.15) is 13.2 Å². The van der Waals surface area contributed by atoms with E-state index in [1.807, 2.05) is 0 Å². The predicted octanol–water partition coefficient (Wildman–Crippen LogP) is 2.91. The van der Waals surface area contributed by atoms with E-state index >= 15 is 0 Å². The maximum absolute atomic E-state index is 12.8. The Labute approximate surface area is 110 Å². The van der Waals surface area contributed by atoms with Crippen LogP contribution < -0.4 is 5.69 Å². The number of nitrogens with zero attached hydrogens (tertiary/aromatic N) is 2. The van der Waals surface area contributed by atoms with Crippen molar-refractivity contribution in [2.45, 2.75) is 24.0 Å². The summed E-state index contributed by atoms with van der Waals surface area (Å²) in [6.07, 6.45) is -2.43. The van der Waals surface area contributed by atoms with Gasteiger partial charge in [0.1, 0.15) is 0 Å². The van der Waals surface area contributed by atoms with Gasteiger partial charge in [-0.1, -0.05) is 0 Å². The first-order chi connectivity index (χ1) is 8.97. The molecule has 2 heterocycles. The molecule has 0 aliphatic carbocycles. The maximum atomic E-state index is 12.8. The first-order valence-electron chi connectivity index (χ1n) is 5.70. The zero-order valence-electron chi connectivity index (χ0n) is 9.70. The lowest BCUT2D eigenvalue weighted by atomic mass is 10.1. The van der Waals surface area contributed by atoms with Crippen LogP contribution in [-0.4, -0.2) is 15.3 Å². The lowest BCUT2D eigenvalue weighted by Crippen LogP contribution is -2.23. The number of benzene rings is 1.